The summed E-state index contributed by atoms with van der Waals surface area (Å²) in [7, 11) is 0. The molecule has 0 heterocycles. The van der Waals surface area contributed by atoms with Gasteiger partial charge in [0.15, 0.2) is 5.78 Å². The van der Waals surface area contributed by atoms with E-state index in [0.717, 1.165) is 5.56 Å². The Hall–Kier alpha value is -0.130. The third-order valence-electron chi connectivity index (χ3n) is 1.59. The zero-order valence-electron chi connectivity index (χ0n) is 7.50. The summed E-state index contributed by atoms with van der Waals surface area (Å²) in [4.78, 5) is 10.9. The second-order valence-electron chi connectivity index (χ2n) is 2.79. The molecule has 0 saturated heterocycles. The van der Waals surface area contributed by atoms with Gasteiger partial charge in [0.1, 0.15) is 6.61 Å². The first-order chi connectivity index (χ1) is 6.72. The molecule has 1 aromatic rings. The number of hydrogen-bond donors (Lipinski definition) is 0. The summed E-state index contributed by atoms with van der Waals surface area (Å²) in [5.41, 5.74) is 1.02. The number of halogens is 2. The van der Waals surface area contributed by atoms with Crippen LogP contribution in [0.1, 0.15) is 5.56 Å². The standard InChI is InChI=1S/C10H10ClIO2/c11-9-3-1-8(2-4-9)6-14-7-10(13)5-12/h1-4H,5-7H2. The third kappa shape index (κ3) is 4.39. The highest BCUT2D eigenvalue weighted by atomic mass is 127. The van der Waals surface area contributed by atoms with E-state index in [1.807, 2.05) is 34.7 Å². The van der Waals surface area contributed by atoms with E-state index in [1.165, 1.54) is 0 Å². The summed E-state index contributed by atoms with van der Waals surface area (Å²) in [6.45, 7) is 0.644. The van der Waals surface area contributed by atoms with E-state index in [-0.39, 0.29) is 12.4 Å². The molecule has 1 aromatic carbocycles. The Balaban J connectivity index is 2.31. The van der Waals surface area contributed by atoms with Crippen molar-refractivity contribution in [2.24, 2.45) is 0 Å². The largest absolute Gasteiger partial charge is 0.369 e. The van der Waals surface area contributed by atoms with Crippen LogP contribution < -0.4 is 0 Å². The van der Waals surface area contributed by atoms with Crippen LogP contribution in [0.2, 0.25) is 5.02 Å². The van der Waals surface area contributed by atoms with Crippen LogP contribution in [0.5, 0.6) is 0 Å². The number of carbonyl (C=O) groups is 1. The van der Waals surface area contributed by atoms with Crippen LogP contribution in [-0.4, -0.2) is 16.8 Å². The van der Waals surface area contributed by atoms with E-state index in [9.17, 15) is 4.79 Å². The molecule has 0 spiro atoms. The fourth-order valence-electron chi connectivity index (χ4n) is 0.902. The lowest BCUT2D eigenvalue weighted by molar-refractivity contribution is -0.121. The lowest BCUT2D eigenvalue weighted by Crippen LogP contribution is -2.09. The molecule has 14 heavy (non-hydrogen) atoms. The molecule has 76 valence electrons. The molecule has 0 saturated carbocycles. The van der Waals surface area contributed by atoms with Gasteiger partial charge in [-0.1, -0.05) is 46.3 Å². The molecule has 0 N–H and O–H groups in total. The van der Waals surface area contributed by atoms with Crippen LogP contribution in [-0.2, 0) is 16.1 Å². The first kappa shape index (κ1) is 11.9. The monoisotopic (exact) mass is 324 g/mol. The number of carbonyl (C=O) groups excluding carboxylic acids is 1. The predicted molar refractivity (Wildman–Crippen MR) is 65.0 cm³/mol. The number of alkyl halides is 1. The molecule has 2 nitrogen and oxygen atoms in total. The molecule has 1 rings (SSSR count). The number of rotatable bonds is 5. The molecule has 0 unspecified atom stereocenters. The number of ketones is 1. The highest BCUT2D eigenvalue weighted by Gasteiger charge is 1.99. The van der Waals surface area contributed by atoms with Crippen LogP contribution in [0.15, 0.2) is 24.3 Å². The van der Waals surface area contributed by atoms with Gasteiger partial charge in [0.25, 0.3) is 0 Å². The second-order valence-corrected chi connectivity index (χ2v) is 3.99. The molecule has 0 aliphatic rings. The van der Waals surface area contributed by atoms with Crippen molar-refractivity contribution in [3.05, 3.63) is 34.9 Å². The molecule has 0 fully saturated rings. The smallest absolute Gasteiger partial charge is 0.168 e. The minimum Gasteiger partial charge on any atom is -0.369 e. The molecule has 0 aliphatic carbocycles. The van der Waals surface area contributed by atoms with Crippen molar-refractivity contribution in [2.45, 2.75) is 6.61 Å². The van der Waals surface area contributed by atoms with Gasteiger partial charge < -0.3 is 4.74 Å². The summed E-state index contributed by atoms with van der Waals surface area (Å²) < 4.78 is 5.71. The van der Waals surface area contributed by atoms with Crippen molar-refractivity contribution >= 4 is 40.0 Å². The minimum absolute atomic E-state index is 0.111. The Labute approximate surface area is 102 Å². The summed E-state index contributed by atoms with van der Waals surface area (Å²) in [5.74, 6) is 0.111. The highest BCUT2D eigenvalue weighted by Crippen LogP contribution is 2.10. The molecule has 0 aliphatic heterocycles. The van der Waals surface area contributed by atoms with E-state index in [4.69, 9.17) is 16.3 Å². The second kappa shape index (κ2) is 6.37. The fraction of sp³-hybridized carbons (Fsp3) is 0.300. The maximum atomic E-state index is 10.9. The molecule has 4 heteroatoms. The van der Waals surface area contributed by atoms with Crippen molar-refractivity contribution in [1.29, 1.82) is 0 Å². The van der Waals surface area contributed by atoms with Gasteiger partial charge in [-0.3, -0.25) is 4.79 Å². The minimum atomic E-state index is 0.111. The van der Waals surface area contributed by atoms with E-state index in [0.29, 0.717) is 16.1 Å². The molecular formula is C10H10ClIO2. The van der Waals surface area contributed by atoms with E-state index in [1.54, 1.807) is 12.1 Å². The topological polar surface area (TPSA) is 26.3 Å². The van der Waals surface area contributed by atoms with Gasteiger partial charge in [-0.2, -0.15) is 0 Å². The van der Waals surface area contributed by atoms with Crippen LogP contribution in [0.4, 0.5) is 0 Å². The van der Waals surface area contributed by atoms with Gasteiger partial charge in [-0.05, 0) is 17.7 Å². The molecule has 0 bridgehead atoms. The van der Waals surface area contributed by atoms with Gasteiger partial charge >= 0.3 is 0 Å². The zero-order chi connectivity index (χ0) is 10.4. The van der Waals surface area contributed by atoms with Gasteiger partial charge in [0, 0.05) is 5.02 Å². The summed E-state index contributed by atoms with van der Waals surface area (Å²) in [5, 5.41) is 0.706. The summed E-state index contributed by atoms with van der Waals surface area (Å²) >= 11 is 7.75. The lowest BCUT2D eigenvalue weighted by atomic mass is 10.2. The Kier molecular flexibility index (Phi) is 5.44. The molecule has 0 atom stereocenters. The molecule has 0 amide bonds. The van der Waals surface area contributed by atoms with Crippen molar-refractivity contribution in [3.8, 4) is 0 Å². The number of Topliss-reactive ketones (excluding diaryl/α,β-unsaturated/α-hetero) is 1. The van der Waals surface area contributed by atoms with Crippen molar-refractivity contribution in [2.75, 3.05) is 11.0 Å². The maximum Gasteiger partial charge on any atom is 0.168 e. The van der Waals surface area contributed by atoms with Crippen LogP contribution in [0, 0.1) is 0 Å². The van der Waals surface area contributed by atoms with Crippen molar-refractivity contribution in [3.63, 3.8) is 0 Å². The van der Waals surface area contributed by atoms with E-state index in [2.05, 4.69) is 0 Å². The fourth-order valence-corrected chi connectivity index (χ4v) is 1.25. The molecule has 0 aromatic heterocycles. The van der Waals surface area contributed by atoms with Crippen molar-refractivity contribution < 1.29 is 9.53 Å². The third-order valence-corrected chi connectivity index (χ3v) is 2.70. The quantitative estimate of drug-likeness (QED) is 0.615. The van der Waals surface area contributed by atoms with E-state index < -0.39 is 0 Å². The van der Waals surface area contributed by atoms with Crippen LogP contribution in [0.25, 0.3) is 0 Å². The summed E-state index contributed by atoms with van der Waals surface area (Å²) in [6.07, 6.45) is 0. The van der Waals surface area contributed by atoms with Crippen LogP contribution in [0.3, 0.4) is 0 Å². The predicted octanol–water partition coefficient (Wildman–Crippen LogP) is 2.86. The Morgan fingerprint density at radius 3 is 2.57 bits per heavy atom. The Morgan fingerprint density at radius 2 is 2.00 bits per heavy atom. The van der Waals surface area contributed by atoms with Gasteiger partial charge in [-0.25, -0.2) is 0 Å². The molecule has 0 radical (unpaired) electrons. The first-order valence-corrected chi connectivity index (χ1v) is 6.02. The number of benzene rings is 1. The van der Waals surface area contributed by atoms with Gasteiger partial charge in [0.05, 0.1) is 11.0 Å². The average Bonchev–Trinajstić information content (AvgIpc) is 2.21. The van der Waals surface area contributed by atoms with Gasteiger partial charge in [0.2, 0.25) is 0 Å². The highest BCUT2D eigenvalue weighted by molar-refractivity contribution is 14.1. The average molecular weight is 325 g/mol. The normalized spacial score (nSPS) is 10.1. The van der Waals surface area contributed by atoms with Crippen LogP contribution >= 0.6 is 34.2 Å². The lowest BCUT2D eigenvalue weighted by Gasteiger charge is -2.02. The van der Waals surface area contributed by atoms with Gasteiger partial charge in [-0.15, -0.1) is 0 Å². The Morgan fingerprint density at radius 1 is 1.36 bits per heavy atom. The molecular weight excluding hydrogens is 314 g/mol. The van der Waals surface area contributed by atoms with E-state index >= 15 is 0 Å². The number of ether oxygens (including phenoxy) is 1. The first-order valence-electron chi connectivity index (χ1n) is 4.12. The zero-order valence-corrected chi connectivity index (χ0v) is 10.4. The van der Waals surface area contributed by atoms with Crippen molar-refractivity contribution in [1.82, 2.24) is 0 Å². The number of hydrogen-bond acceptors (Lipinski definition) is 2. The Bertz CT molecular complexity index is 297. The maximum absolute atomic E-state index is 10.9. The summed E-state index contributed by atoms with van der Waals surface area (Å²) in [6, 6.07) is 7.38. The SMILES string of the molecule is O=C(CI)COCc1ccc(Cl)cc1.